The first-order valence-corrected chi connectivity index (χ1v) is 7.86. The van der Waals surface area contributed by atoms with E-state index < -0.39 is 5.97 Å². The predicted molar refractivity (Wildman–Crippen MR) is 98.7 cm³/mol. The molecule has 1 aromatic heterocycles. The molecule has 0 spiro atoms. The van der Waals surface area contributed by atoms with Gasteiger partial charge in [-0.3, -0.25) is 0 Å². The third-order valence-electron chi connectivity index (χ3n) is 3.77. The molecule has 0 saturated carbocycles. The number of benzene rings is 2. The lowest BCUT2D eigenvalue weighted by Crippen LogP contribution is -2.05. The molecule has 0 radical (unpaired) electrons. The second-order valence-corrected chi connectivity index (χ2v) is 5.62. The Morgan fingerprint density at radius 3 is 2.56 bits per heavy atom. The fraction of sp³-hybridized carbons (Fsp3) is 0.0526. The molecule has 134 valence electrons. The minimum Gasteiger partial charge on any atom is -0.489 e. The number of carbonyl (C=O) groups is 1. The largest absolute Gasteiger partial charge is 0.489 e. The Hall–Kier alpha value is -4.12. The number of nitrogens with zero attached hydrogens (tertiary/aromatic N) is 3. The van der Waals surface area contributed by atoms with Crippen molar-refractivity contribution in [1.82, 2.24) is 9.97 Å². The summed E-state index contributed by atoms with van der Waals surface area (Å²) in [5.74, 6) is -0.398. The number of carboxylic acid groups (broad SMARTS) is 1. The maximum Gasteiger partial charge on any atom is 0.335 e. The second kappa shape index (κ2) is 7.41. The first-order chi connectivity index (χ1) is 13.0. The highest BCUT2D eigenvalue weighted by molar-refractivity contribution is 5.87. The lowest BCUT2D eigenvalue weighted by Gasteiger charge is -2.09. The highest BCUT2D eigenvalue weighted by Gasteiger charge is 2.13. The van der Waals surface area contributed by atoms with Crippen molar-refractivity contribution in [2.75, 3.05) is 11.5 Å². The van der Waals surface area contributed by atoms with Crippen LogP contribution in [0.5, 0.6) is 5.75 Å². The van der Waals surface area contributed by atoms with Crippen LogP contribution < -0.4 is 16.2 Å². The standard InChI is InChI=1S/C19H15N5O3/c20-9-15-16(23-19(22)24-17(15)21)12-4-6-14(7-5-12)27-10-11-2-1-3-13(8-11)18(25)26/h1-8H,10H2,(H,25,26)(H4,21,22,23,24). The number of carboxylic acids is 1. The zero-order valence-corrected chi connectivity index (χ0v) is 14.1. The molecule has 5 N–H and O–H groups in total. The van der Waals surface area contributed by atoms with Gasteiger partial charge in [0.25, 0.3) is 0 Å². The molecule has 0 saturated heterocycles. The van der Waals surface area contributed by atoms with E-state index in [1.54, 1.807) is 42.5 Å². The van der Waals surface area contributed by atoms with Gasteiger partial charge in [0.15, 0.2) is 0 Å². The molecule has 8 heteroatoms. The van der Waals surface area contributed by atoms with E-state index in [4.69, 9.17) is 21.3 Å². The van der Waals surface area contributed by atoms with Crippen LogP contribution in [0.2, 0.25) is 0 Å². The normalized spacial score (nSPS) is 10.2. The van der Waals surface area contributed by atoms with Gasteiger partial charge in [0.2, 0.25) is 5.95 Å². The molecule has 0 aliphatic rings. The van der Waals surface area contributed by atoms with Gasteiger partial charge in [-0.2, -0.15) is 10.2 Å². The summed E-state index contributed by atoms with van der Waals surface area (Å²) in [7, 11) is 0. The molecule has 0 aliphatic heterocycles. The molecule has 0 amide bonds. The number of aromatic carboxylic acids is 1. The van der Waals surface area contributed by atoms with E-state index in [1.807, 2.05) is 6.07 Å². The Kier molecular flexibility index (Phi) is 4.86. The van der Waals surface area contributed by atoms with Gasteiger partial charge in [-0.15, -0.1) is 0 Å². The van der Waals surface area contributed by atoms with Crippen LogP contribution in [0.25, 0.3) is 11.3 Å². The van der Waals surface area contributed by atoms with Gasteiger partial charge in [-0.1, -0.05) is 12.1 Å². The van der Waals surface area contributed by atoms with Gasteiger partial charge in [0, 0.05) is 5.56 Å². The lowest BCUT2D eigenvalue weighted by molar-refractivity contribution is 0.0696. The number of anilines is 2. The molecular weight excluding hydrogens is 346 g/mol. The molecule has 3 aromatic rings. The van der Waals surface area contributed by atoms with Crippen molar-refractivity contribution >= 4 is 17.7 Å². The fourth-order valence-corrected chi connectivity index (χ4v) is 2.49. The van der Waals surface area contributed by atoms with Gasteiger partial charge < -0.3 is 21.3 Å². The Morgan fingerprint density at radius 2 is 1.89 bits per heavy atom. The van der Waals surface area contributed by atoms with Gasteiger partial charge in [-0.05, 0) is 42.0 Å². The summed E-state index contributed by atoms with van der Waals surface area (Å²) in [6.45, 7) is 0.220. The van der Waals surface area contributed by atoms with Crippen LogP contribution in [0.1, 0.15) is 21.5 Å². The van der Waals surface area contributed by atoms with Gasteiger partial charge in [-0.25, -0.2) is 9.78 Å². The third kappa shape index (κ3) is 3.93. The summed E-state index contributed by atoms with van der Waals surface area (Å²) in [6.07, 6.45) is 0. The SMILES string of the molecule is N#Cc1c(N)nc(N)nc1-c1ccc(OCc2cccc(C(=O)O)c2)cc1. The summed E-state index contributed by atoms with van der Waals surface area (Å²) in [5, 5.41) is 18.3. The molecule has 3 rings (SSSR count). The summed E-state index contributed by atoms with van der Waals surface area (Å²) < 4.78 is 5.68. The van der Waals surface area contributed by atoms with Crippen molar-refractivity contribution in [3.63, 3.8) is 0 Å². The Morgan fingerprint density at radius 1 is 1.15 bits per heavy atom. The van der Waals surface area contributed by atoms with E-state index in [0.29, 0.717) is 17.0 Å². The van der Waals surface area contributed by atoms with Gasteiger partial charge >= 0.3 is 5.97 Å². The van der Waals surface area contributed by atoms with Crippen LogP contribution in [-0.4, -0.2) is 21.0 Å². The monoisotopic (exact) mass is 361 g/mol. The van der Waals surface area contributed by atoms with Crippen molar-refractivity contribution in [2.45, 2.75) is 6.61 Å². The van der Waals surface area contributed by atoms with Gasteiger partial charge in [0.05, 0.1) is 11.3 Å². The number of nitrogen functional groups attached to an aromatic ring is 2. The number of rotatable bonds is 5. The first-order valence-electron chi connectivity index (χ1n) is 7.86. The molecule has 0 unspecified atom stereocenters. The maximum atomic E-state index is 11.0. The average molecular weight is 361 g/mol. The van der Waals surface area contributed by atoms with E-state index in [0.717, 1.165) is 5.56 Å². The zero-order valence-electron chi connectivity index (χ0n) is 14.1. The van der Waals surface area contributed by atoms with Crippen molar-refractivity contribution < 1.29 is 14.6 Å². The fourth-order valence-electron chi connectivity index (χ4n) is 2.49. The minimum atomic E-state index is -0.988. The Labute approximate surface area is 154 Å². The van der Waals surface area contributed by atoms with Crippen LogP contribution >= 0.6 is 0 Å². The number of ether oxygens (including phenoxy) is 1. The molecule has 1 heterocycles. The minimum absolute atomic E-state index is 0.0138. The van der Waals surface area contributed by atoms with E-state index in [9.17, 15) is 10.1 Å². The van der Waals surface area contributed by atoms with Crippen LogP contribution in [-0.2, 0) is 6.61 Å². The smallest absolute Gasteiger partial charge is 0.335 e. The second-order valence-electron chi connectivity index (χ2n) is 5.62. The van der Waals surface area contributed by atoms with Crippen LogP contribution in [0.4, 0.5) is 11.8 Å². The van der Waals surface area contributed by atoms with E-state index in [-0.39, 0.29) is 29.5 Å². The van der Waals surface area contributed by atoms with Crippen LogP contribution in [0, 0.1) is 11.3 Å². The summed E-state index contributed by atoms with van der Waals surface area (Å²) in [6, 6.07) is 15.4. The van der Waals surface area contributed by atoms with Gasteiger partial charge in [0.1, 0.15) is 29.8 Å². The van der Waals surface area contributed by atoms with E-state index in [1.165, 1.54) is 6.07 Å². The molecule has 0 atom stereocenters. The summed E-state index contributed by atoms with van der Waals surface area (Å²) in [4.78, 5) is 18.9. The Bertz CT molecular complexity index is 1040. The summed E-state index contributed by atoms with van der Waals surface area (Å²) in [5.41, 5.74) is 13.4. The molecule has 0 fully saturated rings. The molecule has 8 nitrogen and oxygen atoms in total. The first kappa shape index (κ1) is 17.7. The lowest BCUT2D eigenvalue weighted by atomic mass is 10.1. The Balaban J connectivity index is 1.78. The molecule has 0 aliphatic carbocycles. The van der Waals surface area contributed by atoms with Crippen molar-refractivity contribution in [1.29, 1.82) is 5.26 Å². The molecule has 0 bridgehead atoms. The molecule has 27 heavy (non-hydrogen) atoms. The number of aromatic nitrogens is 2. The number of hydrogen-bond donors (Lipinski definition) is 3. The quantitative estimate of drug-likeness (QED) is 0.627. The molecular formula is C19H15N5O3. The van der Waals surface area contributed by atoms with Crippen molar-refractivity contribution in [2.24, 2.45) is 0 Å². The van der Waals surface area contributed by atoms with Crippen molar-refractivity contribution in [3.05, 3.63) is 65.2 Å². The topological polar surface area (TPSA) is 148 Å². The highest BCUT2D eigenvalue weighted by atomic mass is 16.5. The van der Waals surface area contributed by atoms with E-state index in [2.05, 4.69) is 9.97 Å². The summed E-state index contributed by atoms with van der Waals surface area (Å²) >= 11 is 0. The predicted octanol–water partition coefficient (Wildman–Crippen LogP) is 2.46. The van der Waals surface area contributed by atoms with E-state index >= 15 is 0 Å². The average Bonchev–Trinajstić information content (AvgIpc) is 2.66. The zero-order chi connectivity index (χ0) is 19.4. The maximum absolute atomic E-state index is 11.0. The van der Waals surface area contributed by atoms with Crippen molar-refractivity contribution in [3.8, 4) is 23.1 Å². The number of hydrogen-bond acceptors (Lipinski definition) is 7. The van der Waals surface area contributed by atoms with Crippen LogP contribution in [0.15, 0.2) is 48.5 Å². The number of nitriles is 1. The third-order valence-corrected chi connectivity index (χ3v) is 3.77. The highest BCUT2D eigenvalue weighted by Crippen LogP contribution is 2.27. The number of nitrogens with two attached hydrogens (primary N) is 2. The van der Waals surface area contributed by atoms with Crippen LogP contribution in [0.3, 0.4) is 0 Å². The molecule has 2 aromatic carbocycles.